The molecule has 0 aromatic carbocycles. The van der Waals surface area contributed by atoms with Crippen LogP contribution in [-0.4, -0.2) is 87.7 Å². The standard InChI is InChI=1S/C21H35N5O3/c1-25(2)20(27)14-23-21(22-9-5-19-4-3-12-29-19)24-18-6-10-26(11-7-18)15-17-8-13-28-16-17/h3-4,12,17-18H,5-11,13-16H2,1-2H3,(H2,22,23,24). The zero-order valence-corrected chi connectivity index (χ0v) is 17.7. The van der Waals surface area contributed by atoms with E-state index in [-0.39, 0.29) is 12.5 Å². The van der Waals surface area contributed by atoms with Gasteiger partial charge in [0.1, 0.15) is 12.3 Å². The highest BCUT2D eigenvalue weighted by atomic mass is 16.5. The van der Waals surface area contributed by atoms with Gasteiger partial charge in [-0.2, -0.15) is 0 Å². The van der Waals surface area contributed by atoms with Crippen LogP contribution in [-0.2, 0) is 16.0 Å². The Kier molecular flexibility index (Phi) is 8.37. The third-order valence-corrected chi connectivity index (χ3v) is 5.58. The fourth-order valence-corrected chi connectivity index (χ4v) is 3.75. The highest BCUT2D eigenvalue weighted by Crippen LogP contribution is 2.17. The zero-order chi connectivity index (χ0) is 20.5. The lowest BCUT2D eigenvalue weighted by atomic mass is 10.0. The second kappa shape index (κ2) is 11.2. The predicted molar refractivity (Wildman–Crippen MR) is 113 cm³/mol. The molecule has 2 aliphatic heterocycles. The summed E-state index contributed by atoms with van der Waals surface area (Å²) in [5.74, 6) is 2.32. The molecule has 29 heavy (non-hydrogen) atoms. The molecule has 1 unspecified atom stereocenters. The SMILES string of the molecule is CN(C)C(=O)CN=C(NCCc1ccco1)NC1CCN(CC2CCOC2)CC1. The topological polar surface area (TPSA) is 82.3 Å². The molecule has 0 aliphatic carbocycles. The summed E-state index contributed by atoms with van der Waals surface area (Å²) in [6.07, 6.45) is 5.80. The molecule has 0 radical (unpaired) electrons. The third-order valence-electron chi connectivity index (χ3n) is 5.58. The summed E-state index contributed by atoms with van der Waals surface area (Å²) in [6, 6.07) is 4.23. The number of furan rings is 1. The van der Waals surface area contributed by atoms with Crippen molar-refractivity contribution in [3.05, 3.63) is 24.2 Å². The molecule has 3 rings (SSSR count). The second-order valence-corrected chi connectivity index (χ2v) is 8.16. The number of nitrogens with one attached hydrogen (secondary N) is 2. The monoisotopic (exact) mass is 405 g/mol. The molecule has 0 saturated carbocycles. The molecule has 0 bridgehead atoms. The van der Waals surface area contributed by atoms with Gasteiger partial charge in [-0.25, -0.2) is 4.99 Å². The maximum absolute atomic E-state index is 11.9. The van der Waals surface area contributed by atoms with Crippen LogP contribution in [0.15, 0.2) is 27.8 Å². The average molecular weight is 406 g/mol. The normalized spacial score (nSPS) is 21.3. The number of ether oxygens (including phenoxy) is 1. The van der Waals surface area contributed by atoms with Crippen LogP contribution < -0.4 is 10.6 Å². The molecule has 3 heterocycles. The summed E-state index contributed by atoms with van der Waals surface area (Å²) in [5, 5.41) is 6.88. The lowest BCUT2D eigenvalue weighted by Crippen LogP contribution is -2.50. The van der Waals surface area contributed by atoms with E-state index in [1.54, 1.807) is 25.3 Å². The first kappa shape index (κ1) is 21.6. The van der Waals surface area contributed by atoms with Crippen LogP contribution >= 0.6 is 0 Å². The molecule has 1 atom stereocenters. The molecule has 2 saturated heterocycles. The van der Waals surface area contributed by atoms with Crippen molar-refractivity contribution in [2.75, 3.05) is 60.0 Å². The molecule has 162 valence electrons. The Labute approximate surface area is 173 Å². The van der Waals surface area contributed by atoms with Gasteiger partial charge in [-0.15, -0.1) is 0 Å². The van der Waals surface area contributed by atoms with Gasteiger partial charge in [0.25, 0.3) is 0 Å². The maximum atomic E-state index is 11.9. The largest absolute Gasteiger partial charge is 0.469 e. The summed E-state index contributed by atoms with van der Waals surface area (Å²) in [5.41, 5.74) is 0. The minimum Gasteiger partial charge on any atom is -0.469 e. The van der Waals surface area contributed by atoms with E-state index in [1.807, 2.05) is 12.1 Å². The number of likely N-dealkylation sites (N-methyl/N-ethyl adjacent to an activating group) is 1. The highest BCUT2D eigenvalue weighted by molar-refractivity contribution is 5.84. The van der Waals surface area contributed by atoms with Crippen LogP contribution in [0.2, 0.25) is 0 Å². The van der Waals surface area contributed by atoms with Crippen molar-refractivity contribution >= 4 is 11.9 Å². The Hall–Kier alpha value is -2.06. The van der Waals surface area contributed by atoms with E-state index in [9.17, 15) is 4.79 Å². The lowest BCUT2D eigenvalue weighted by Gasteiger charge is -2.34. The van der Waals surface area contributed by atoms with Crippen LogP contribution in [0.5, 0.6) is 0 Å². The van der Waals surface area contributed by atoms with Gasteiger partial charge in [0.05, 0.1) is 12.9 Å². The lowest BCUT2D eigenvalue weighted by molar-refractivity contribution is -0.127. The van der Waals surface area contributed by atoms with E-state index < -0.39 is 0 Å². The van der Waals surface area contributed by atoms with Crippen LogP contribution in [0.3, 0.4) is 0 Å². The first-order valence-electron chi connectivity index (χ1n) is 10.7. The number of nitrogens with zero attached hydrogens (tertiary/aromatic N) is 3. The van der Waals surface area contributed by atoms with Gasteiger partial charge in [-0.1, -0.05) is 0 Å². The van der Waals surface area contributed by atoms with E-state index in [4.69, 9.17) is 9.15 Å². The Bertz CT molecular complexity index is 633. The molecule has 1 aromatic heterocycles. The summed E-state index contributed by atoms with van der Waals surface area (Å²) < 4.78 is 10.9. The number of hydrogen-bond acceptors (Lipinski definition) is 5. The van der Waals surface area contributed by atoms with Crippen LogP contribution in [0, 0.1) is 5.92 Å². The van der Waals surface area contributed by atoms with Gasteiger partial charge in [0.15, 0.2) is 5.96 Å². The molecule has 0 spiro atoms. The quantitative estimate of drug-likeness (QED) is 0.495. The van der Waals surface area contributed by atoms with Crippen LogP contribution in [0.25, 0.3) is 0 Å². The molecular formula is C21H35N5O3. The summed E-state index contributed by atoms with van der Waals surface area (Å²) in [4.78, 5) is 20.6. The number of guanidine groups is 1. The van der Waals surface area contributed by atoms with Gasteiger partial charge in [0.2, 0.25) is 5.91 Å². The molecular weight excluding hydrogens is 370 g/mol. The number of amides is 1. The summed E-state index contributed by atoms with van der Waals surface area (Å²) in [7, 11) is 3.50. The smallest absolute Gasteiger partial charge is 0.243 e. The van der Waals surface area contributed by atoms with E-state index >= 15 is 0 Å². The number of piperidine rings is 1. The molecule has 2 N–H and O–H groups in total. The van der Waals surface area contributed by atoms with Crippen molar-refractivity contribution < 1.29 is 13.9 Å². The Morgan fingerprint density at radius 2 is 2.14 bits per heavy atom. The second-order valence-electron chi connectivity index (χ2n) is 8.16. The molecule has 8 heteroatoms. The Morgan fingerprint density at radius 3 is 2.79 bits per heavy atom. The Balaban J connectivity index is 1.46. The average Bonchev–Trinajstić information content (AvgIpc) is 3.41. The van der Waals surface area contributed by atoms with Gasteiger partial charge in [0, 0.05) is 59.3 Å². The van der Waals surface area contributed by atoms with Crippen molar-refractivity contribution in [2.45, 2.75) is 31.7 Å². The van der Waals surface area contributed by atoms with Crippen molar-refractivity contribution in [1.29, 1.82) is 0 Å². The van der Waals surface area contributed by atoms with Gasteiger partial charge in [-0.05, 0) is 37.3 Å². The van der Waals surface area contributed by atoms with Gasteiger partial charge < -0.3 is 29.6 Å². The number of rotatable bonds is 8. The van der Waals surface area contributed by atoms with Crippen molar-refractivity contribution in [1.82, 2.24) is 20.4 Å². The van der Waals surface area contributed by atoms with E-state index in [2.05, 4.69) is 20.5 Å². The molecule has 8 nitrogen and oxygen atoms in total. The van der Waals surface area contributed by atoms with Crippen LogP contribution in [0.1, 0.15) is 25.0 Å². The number of likely N-dealkylation sites (tertiary alicyclic amines) is 1. The zero-order valence-electron chi connectivity index (χ0n) is 17.7. The van der Waals surface area contributed by atoms with Crippen LogP contribution in [0.4, 0.5) is 0 Å². The van der Waals surface area contributed by atoms with Crippen molar-refractivity contribution in [3.8, 4) is 0 Å². The van der Waals surface area contributed by atoms with Crippen molar-refractivity contribution in [3.63, 3.8) is 0 Å². The maximum Gasteiger partial charge on any atom is 0.243 e. The Morgan fingerprint density at radius 1 is 1.31 bits per heavy atom. The summed E-state index contributed by atoms with van der Waals surface area (Å²) in [6.45, 7) is 5.99. The van der Waals surface area contributed by atoms with Gasteiger partial charge >= 0.3 is 0 Å². The molecule has 2 aliphatic rings. The molecule has 1 amide bonds. The number of carbonyl (C=O) groups excluding carboxylic acids is 1. The molecule has 1 aromatic rings. The predicted octanol–water partition coefficient (Wildman–Crippen LogP) is 0.946. The van der Waals surface area contributed by atoms with E-state index in [0.717, 1.165) is 57.9 Å². The number of carbonyl (C=O) groups is 1. The fourth-order valence-electron chi connectivity index (χ4n) is 3.75. The third kappa shape index (κ3) is 7.36. The van der Waals surface area contributed by atoms with E-state index in [0.29, 0.717) is 24.5 Å². The molecule has 2 fully saturated rings. The number of hydrogen-bond donors (Lipinski definition) is 2. The number of aliphatic imine (C=N–C) groups is 1. The highest BCUT2D eigenvalue weighted by Gasteiger charge is 2.24. The first-order chi connectivity index (χ1) is 14.1. The minimum atomic E-state index is -0.00858. The minimum absolute atomic E-state index is 0.00858. The van der Waals surface area contributed by atoms with Crippen molar-refractivity contribution in [2.24, 2.45) is 10.9 Å². The van der Waals surface area contributed by atoms with Gasteiger partial charge in [-0.3, -0.25) is 4.79 Å². The summed E-state index contributed by atoms with van der Waals surface area (Å²) >= 11 is 0. The fraction of sp³-hybridized carbons (Fsp3) is 0.714. The van der Waals surface area contributed by atoms with E-state index in [1.165, 1.54) is 6.42 Å². The first-order valence-corrected chi connectivity index (χ1v) is 10.7.